The van der Waals surface area contributed by atoms with Crippen molar-refractivity contribution in [1.29, 1.82) is 0 Å². The molecule has 2 aromatic carbocycles. The Morgan fingerprint density at radius 2 is 1.85 bits per heavy atom. The molecule has 0 aliphatic carbocycles. The molecule has 0 fully saturated rings. The van der Waals surface area contributed by atoms with E-state index in [1.807, 2.05) is 18.2 Å². The van der Waals surface area contributed by atoms with Gasteiger partial charge in [-0.2, -0.15) is 0 Å². The SMILES string of the molecule is Cc1cc(N)cc(NCCCN(C)c2ccccc2)c1. The number of nitrogens with one attached hydrogen (secondary N) is 1. The molecule has 3 heteroatoms. The second-order valence-corrected chi connectivity index (χ2v) is 5.17. The minimum atomic E-state index is 0.814. The Hall–Kier alpha value is -2.16. The number of nitrogens with two attached hydrogens (primary N) is 1. The third-order valence-corrected chi connectivity index (χ3v) is 3.30. The molecule has 2 aromatic rings. The van der Waals surface area contributed by atoms with Crippen molar-refractivity contribution in [2.75, 3.05) is 36.1 Å². The minimum absolute atomic E-state index is 0.814. The molecule has 0 atom stereocenters. The van der Waals surface area contributed by atoms with Gasteiger partial charge in [0.1, 0.15) is 0 Å². The second kappa shape index (κ2) is 6.85. The van der Waals surface area contributed by atoms with Crippen molar-refractivity contribution in [3.05, 3.63) is 54.1 Å². The standard InChI is InChI=1S/C17H23N3/c1-14-11-15(18)13-16(12-14)19-9-6-10-20(2)17-7-4-3-5-8-17/h3-5,7-8,11-13,19H,6,9-10,18H2,1-2H3. The zero-order chi connectivity index (χ0) is 14.4. The van der Waals surface area contributed by atoms with E-state index in [9.17, 15) is 0 Å². The number of hydrogen-bond acceptors (Lipinski definition) is 3. The van der Waals surface area contributed by atoms with Gasteiger partial charge in [-0.05, 0) is 49.2 Å². The molecule has 0 amide bonds. The van der Waals surface area contributed by atoms with Gasteiger partial charge in [-0.15, -0.1) is 0 Å². The molecule has 0 unspecified atom stereocenters. The fourth-order valence-corrected chi connectivity index (χ4v) is 2.28. The first-order valence-corrected chi connectivity index (χ1v) is 7.02. The molecular formula is C17H23N3. The monoisotopic (exact) mass is 269 g/mol. The molecule has 0 aliphatic rings. The molecule has 3 N–H and O–H groups in total. The Bertz CT molecular complexity index is 517. The third-order valence-electron chi connectivity index (χ3n) is 3.30. The lowest BCUT2D eigenvalue weighted by Gasteiger charge is -2.19. The van der Waals surface area contributed by atoms with Gasteiger partial charge >= 0.3 is 0 Å². The van der Waals surface area contributed by atoms with Crippen LogP contribution in [-0.2, 0) is 0 Å². The number of hydrogen-bond donors (Lipinski definition) is 2. The van der Waals surface area contributed by atoms with Gasteiger partial charge in [-0.3, -0.25) is 0 Å². The molecule has 2 rings (SSSR count). The summed E-state index contributed by atoms with van der Waals surface area (Å²) in [6, 6.07) is 16.5. The number of nitrogens with zero attached hydrogens (tertiary/aromatic N) is 1. The lowest BCUT2D eigenvalue weighted by Crippen LogP contribution is -2.20. The van der Waals surface area contributed by atoms with Gasteiger partial charge in [0.15, 0.2) is 0 Å². The maximum Gasteiger partial charge on any atom is 0.0363 e. The van der Waals surface area contributed by atoms with E-state index in [1.165, 1.54) is 11.3 Å². The van der Waals surface area contributed by atoms with E-state index in [-0.39, 0.29) is 0 Å². The smallest absolute Gasteiger partial charge is 0.0363 e. The highest BCUT2D eigenvalue weighted by atomic mass is 15.1. The molecule has 0 heterocycles. The summed E-state index contributed by atoms with van der Waals surface area (Å²) < 4.78 is 0. The largest absolute Gasteiger partial charge is 0.399 e. The summed E-state index contributed by atoms with van der Waals surface area (Å²) in [4.78, 5) is 2.27. The van der Waals surface area contributed by atoms with Crippen molar-refractivity contribution < 1.29 is 0 Å². The van der Waals surface area contributed by atoms with Crippen LogP contribution in [0.4, 0.5) is 17.1 Å². The van der Waals surface area contributed by atoms with Crippen LogP contribution in [0.25, 0.3) is 0 Å². The quantitative estimate of drug-likeness (QED) is 0.623. The summed E-state index contributed by atoms with van der Waals surface area (Å²) in [5.74, 6) is 0. The van der Waals surface area contributed by atoms with Crippen LogP contribution in [0.5, 0.6) is 0 Å². The molecule has 0 spiro atoms. The first-order chi connectivity index (χ1) is 9.65. The van der Waals surface area contributed by atoms with E-state index in [2.05, 4.69) is 54.5 Å². The molecule has 3 nitrogen and oxygen atoms in total. The maximum atomic E-state index is 5.84. The van der Waals surface area contributed by atoms with Crippen LogP contribution >= 0.6 is 0 Å². The Morgan fingerprint density at radius 3 is 2.55 bits per heavy atom. The van der Waals surface area contributed by atoms with Crippen LogP contribution in [0.1, 0.15) is 12.0 Å². The van der Waals surface area contributed by atoms with Crippen LogP contribution in [0.15, 0.2) is 48.5 Å². The Morgan fingerprint density at radius 1 is 1.10 bits per heavy atom. The molecule has 0 radical (unpaired) electrons. The van der Waals surface area contributed by atoms with Crippen molar-refractivity contribution in [1.82, 2.24) is 0 Å². The van der Waals surface area contributed by atoms with Crippen molar-refractivity contribution in [2.45, 2.75) is 13.3 Å². The summed E-state index contributed by atoms with van der Waals surface area (Å²) >= 11 is 0. The summed E-state index contributed by atoms with van der Waals surface area (Å²) in [7, 11) is 2.12. The Kier molecular flexibility index (Phi) is 4.88. The fraction of sp³-hybridized carbons (Fsp3) is 0.294. The van der Waals surface area contributed by atoms with Gasteiger partial charge < -0.3 is 16.0 Å². The van der Waals surface area contributed by atoms with Crippen molar-refractivity contribution >= 4 is 17.1 Å². The Labute approximate surface area is 121 Å². The Balaban J connectivity index is 1.76. The summed E-state index contributed by atoms with van der Waals surface area (Å²) in [6.45, 7) is 4.03. The minimum Gasteiger partial charge on any atom is -0.399 e. The maximum absolute atomic E-state index is 5.84. The van der Waals surface area contributed by atoms with Crippen LogP contribution in [0, 0.1) is 6.92 Å². The fourth-order valence-electron chi connectivity index (χ4n) is 2.28. The predicted molar refractivity (Wildman–Crippen MR) is 88.4 cm³/mol. The molecule has 0 aliphatic heterocycles. The van der Waals surface area contributed by atoms with Crippen molar-refractivity contribution in [3.63, 3.8) is 0 Å². The van der Waals surface area contributed by atoms with Gasteiger partial charge in [-0.25, -0.2) is 0 Å². The van der Waals surface area contributed by atoms with E-state index < -0.39 is 0 Å². The summed E-state index contributed by atoms with van der Waals surface area (Å²) in [5, 5.41) is 3.43. The van der Waals surface area contributed by atoms with Gasteiger partial charge in [0.05, 0.1) is 0 Å². The first kappa shape index (κ1) is 14.3. The zero-order valence-electron chi connectivity index (χ0n) is 12.3. The summed E-state index contributed by atoms with van der Waals surface area (Å²) in [6.07, 6.45) is 1.08. The molecule has 0 bridgehead atoms. The van der Waals surface area contributed by atoms with E-state index >= 15 is 0 Å². The highest BCUT2D eigenvalue weighted by molar-refractivity contribution is 5.56. The number of nitrogen functional groups attached to an aromatic ring is 1. The molecular weight excluding hydrogens is 246 g/mol. The zero-order valence-corrected chi connectivity index (χ0v) is 12.3. The predicted octanol–water partition coefficient (Wildman–Crippen LogP) is 3.52. The molecule has 20 heavy (non-hydrogen) atoms. The van der Waals surface area contributed by atoms with Crippen LogP contribution in [-0.4, -0.2) is 20.1 Å². The highest BCUT2D eigenvalue weighted by Gasteiger charge is 2.00. The average Bonchev–Trinajstić information content (AvgIpc) is 2.43. The average molecular weight is 269 g/mol. The molecule has 0 saturated heterocycles. The van der Waals surface area contributed by atoms with Gasteiger partial charge in [0.25, 0.3) is 0 Å². The number of anilines is 3. The van der Waals surface area contributed by atoms with Crippen molar-refractivity contribution in [3.8, 4) is 0 Å². The second-order valence-electron chi connectivity index (χ2n) is 5.17. The lowest BCUT2D eigenvalue weighted by atomic mass is 10.2. The van der Waals surface area contributed by atoms with Gasteiger partial charge in [0, 0.05) is 37.2 Å². The highest BCUT2D eigenvalue weighted by Crippen LogP contribution is 2.16. The molecule has 0 aromatic heterocycles. The number of para-hydroxylation sites is 1. The van der Waals surface area contributed by atoms with Gasteiger partial charge in [0.2, 0.25) is 0 Å². The first-order valence-electron chi connectivity index (χ1n) is 7.02. The van der Waals surface area contributed by atoms with Crippen LogP contribution < -0.4 is 16.0 Å². The molecule has 106 valence electrons. The van der Waals surface area contributed by atoms with Crippen molar-refractivity contribution in [2.24, 2.45) is 0 Å². The number of aryl methyl sites for hydroxylation is 1. The third kappa shape index (κ3) is 4.19. The van der Waals surface area contributed by atoms with E-state index in [1.54, 1.807) is 0 Å². The lowest BCUT2D eigenvalue weighted by molar-refractivity contribution is 0.816. The van der Waals surface area contributed by atoms with E-state index in [0.29, 0.717) is 0 Å². The van der Waals surface area contributed by atoms with Gasteiger partial charge in [-0.1, -0.05) is 18.2 Å². The normalized spacial score (nSPS) is 10.3. The summed E-state index contributed by atoms with van der Waals surface area (Å²) in [5.41, 5.74) is 10.2. The number of rotatable bonds is 6. The van der Waals surface area contributed by atoms with E-state index in [4.69, 9.17) is 5.73 Å². The van der Waals surface area contributed by atoms with Crippen LogP contribution in [0.3, 0.4) is 0 Å². The topological polar surface area (TPSA) is 41.3 Å². The van der Waals surface area contributed by atoms with E-state index in [0.717, 1.165) is 30.9 Å². The van der Waals surface area contributed by atoms with Crippen LogP contribution in [0.2, 0.25) is 0 Å². The molecule has 0 saturated carbocycles. The number of benzene rings is 2.